The number of para-hydroxylation sites is 1. The van der Waals surface area contributed by atoms with Crippen molar-refractivity contribution < 1.29 is 19.0 Å². The Bertz CT molecular complexity index is 917. The number of carbonyl (C=O) groups excluding carboxylic acids is 1. The van der Waals surface area contributed by atoms with Crippen LogP contribution in [0.1, 0.15) is 12.0 Å². The van der Waals surface area contributed by atoms with Gasteiger partial charge in [-0.2, -0.15) is 0 Å². The van der Waals surface area contributed by atoms with Gasteiger partial charge in [0.2, 0.25) is 0 Å². The second-order valence-corrected chi connectivity index (χ2v) is 6.92. The van der Waals surface area contributed by atoms with Crippen LogP contribution in [-0.4, -0.2) is 24.8 Å². The van der Waals surface area contributed by atoms with Gasteiger partial charge in [0.1, 0.15) is 24.2 Å². The topological polar surface area (TPSA) is 44.8 Å². The van der Waals surface area contributed by atoms with E-state index >= 15 is 0 Å². The highest BCUT2D eigenvalue weighted by Crippen LogP contribution is 2.25. The lowest BCUT2D eigenvalue weighted by Crippen LogP contribution is -2.21. The summed E-state index contributed by atoms with van der Waals surface area (Å²) in [5.41, 5.74) is 3.54. The monoisotopic (exact) mass is 374 g/mol. The van der Waals surface area contributed by atoms with E-state index in [4.69, 9.17) is 14.2 Å². The molecule has 4 nitrogen and oxygen atoms in total. The molecule has 0 bridgehead atoms. The number of cyclic esters (lactones) is 1. The largest absolute Gasteiger partial charge is 0.490 e. The van der Waals surface area contributed by atoms with Gasteiger partial charge in [-0.25, -0.2) is 4.79 Å². The average molecular weight is 374 g/mol. The van der Waals surface area contributed by atoms with Crippen LogP contribution in [-0.2, 0) is 9.53 Å². The minimum atomic E-state index is -0.583. The van der Waals surface area contributed by atoms with E-state index in [1.165, 1.54) is 11.1 Å². The van der Waals surface area contributed by atoms with E-state index in [0.29, 0.717) is 18.8 Å². The molecule has 1 fully saturated rings. The van der Waals surface area contributed by atoms with Gasteiger partial charge in [-0.15, -0.1) is 0 Å². The Morgan fingerprint density at radius 1 is 0.857 bits per heavy atom. The Kier molecular flexibility index (Phi) is 5.29. The summed E-state index contributed by atoms with van der Waals surface area (Å²) in [5.74, 6) is 1.07. The second kappa shape index (κ2) is 8.17. The molecule has 1 aliphatic heterocycles. The first-order valence-electron chi connectivity index (χ1n) is 9.39. The van der Waals surface area contributed by atoms with Crippen LogP contribution in [0, 0.1) is 6.92 Å². The third-order valence-corrected chi connectivity index (χ3v) is 4.72. The Morgan fingerprint density at radius 2 is 1.50 bits per heavy atom. The van der Waals surface area contributed by atoms with E-state index in [-0.39, 0.29) is 12.1 Å². The molecule has 0 radical (unpaired) electrons. The molecule has 1 heterocycles. The van der Waals surface area contributed by atoms with Gasteiger partial charge in [-0.3, -0.25) is 0 Å². The van der Waals surface area contributed by atoms with E-state index in [2.05, 4.69) is 31.2 Å². The van der Waals surface area contributed by atoms with Gasteiger partial charge in [0.05, 0.1) is 0 Å². The van der Waals surface area contributed by atoms with E-state index in [9.17, 15) is 4.79 Å². The summed E-state index contributed by atoms with van der Waals surface area (Å²) < 4.78 is 16.9. The first-order valence-corrected chi connectivity index (χ1v) is 9.39. The maximum absolute atomic E-state index is 12.0. The Labute approximate surface area is 164 Å². The summed E-state index contributed by atoms with van der Waals surface area (Å²) in [4.78, 5) is 12.0. The SMILES string of the molecule is Cc1ccc(-c2ccc(OC[C@@H]3C[C@H](Oc4ccccc4)C(=O)O3)cc2)cc1. The number of esters is 1. The van der Waals surface area contributed by atoms with Gasteiger partial charge in [-0.1, -0.05) is 60.2 Å². The Morgan fingerprint density at radius 3 is 2.18 bits per heavy atom. The standard InChI is InChI=1S/C24H22O4/c1-17-7-9-18(10-8-17)19-11-13-20(14-12-19)26-16-22-15-23(24(25)28-22)27-21-5-3-2-4-6-21/h2-14,22-23H,15-16H2,1H3/t22-,23-/m0/s1. The van der Waals surface area contributed by atoms with Crippen molar-refractivity contribution in [2.45, 2.75) is 25.6 Å². The van der Waals surface area contributed by atoms with Gasteiger partial charge < -0.3 is 14.2 Å². The maximum Gasteiger partial charge on any atom is 0.347 e. The lowest BCUT2D eigenvalue weighted by molar-refractivity contribution is -0.147. The quantitative estimate of drug-likeness (QED) is 0.581. The van der Waals surface area contributed by atoms with Gasteiger partial charge in [0, 0.05) is 6.42 Å². The Hall–Kier alpha value is -3.27. The third-order valence-electron chi connectivity index (χ3n) is 4.72. The van der Waals surface area contributed by atoms with E-state index in [1.807, 2.05) is 54.6 Å². The maximum atomic E-state index is 12.0. The van der Waals surface area contributed by atoms with Crippen molar-refractivity contribution in [3.05, 3.63) is 84.4 Å². The number of hydrogen-bond acceptors (Lipinski definition) is 4. The highest BCUT2D eigenvalue weighted by Gasteiger charge is 2.36. The van der Waals surface area contributed by atoms with Crippen molar-refractivity contribution in [3.8, 4) is 22.6 Å². The smallest absolute Gasteiger partial charge is 0.347 e. The Balaban J connectivity index is 1.31. The van der Waals surface area contributed by atoms with Crippen molar-refractivity contribution in [2.75, 3.05) is 6.61 Å². The van der Waals surface area contributed by atoms with Crippen LogP contribution in [0.5, 0.6) is 11.5 Å². The molecule has 0 N–H and O–H groups in total. The predicted molar refractivity (Wildman–Crippen MR) is 107 cm³/mol. The number of benzene rings is 3. The number of rotatable bonds is 6. The van der Waals surface area contributed by atoms with Gasteiger partial charge >= 0.3 is 5.97 Å². The molecule has 0 spiro atoms. The molecular formula is C24H22O4. The molecule has 0 saturated carbocycles. The summed E-state index contributed by atoms with van der Waals surface area (Å²) in [6.07, 6.45) is -0.410. The molecule has 0 amide bonds. The second-order valence-electron chi connectivity index (χ2n) is 6.92. The van der Waals surface area contributed by atoms with Crippen molar-refractivity contribution in [1.82, 2.24) is 0 Å². The van der Waals surface area contributed by atoms with Crippen molar-refractivity contribution in [1.29, 1.82) is 0 Å². The summed E-state index contributed by atoms with van der Waals surface area (Å²) >= 11 is 0. The molecule has 0 aliphatic carbocycles. The minimum Gasteiger partial charge on any atom is -0.490 e. The van der Waals surface area contributed by atoms with E-state index in [1.54, 1.807) is 0 Å². The number of aryl methyl sites for hydroxylation is 1. The molecule has 2 atom stereocenters. The highest BCUT2D eigenvalue weighted by molar-refractivity contribution is 5.77. The normalized spacial score (nSPS) is 18.5. The molecule has 0 unspecified atom stereocenters. The molecule has 28 heavy (non-hydrogen) atoms. The van der Waals surface area contributed by atoms with Crippen LogP contribution >= 0.6 is 0 Å². The zero-order valence-electron chi connectivity index (χ0n) is 15.7. The fourth-order valence-corrected chi connectivity index (χ4v) is 3.16. The summed E-state index contributed by atoms with van der Waals surface area (Å²) in [6, 6.07) is 25.6. The molecule has 4 rings (SSSR count). The van der Waals surface area contributed by atoms with Crippen LogP contribution in [0.25, 0.3) is 11.1 Å². The molecule has 1 aliphatic rings. The highest BCUT2D eigenvalue weighted by atomic mass is 16.6. The fraction of sp³-hybridized carbons (Fsp3) is 0.208. The van der Waals surface area contributed by atoms with Gasteiger partial charge in [-0.05, 0) is 42.3 Å². The molecule has 3 aromatic rings. The summed E-state index contributed by atoms with van der Waals surface area (Å²) in [6.45, 7) is 2.39. The van der Waals surface area contributed by atoms with Crippen LogP contribution < -0.4 is 9.47 Å². The van der Waals surface area contributed by atoms with Crippen LogP contribution in [0.4, 0.5) is 0 Å². The van der Waals surface area contributed by atoms with Gasteiger partial charge in [0.15, 0.2) is 6.10 Å². The molecule has 0 aromatic heterocycles. The number of ether oxygens (including phenoxy) is 3. The first kappa shape index (κ1) is 18.1. The van der Waals surface area contributed by atoms with E-state index < -0.39 is 6.10 Å². The van der Waals surface area contributed by atoms with Crippen molar-refractivity contribution in [2.24, 2.45) is 0 Å². The number of hydrogen-bond donors (Lipinski definition) is 0. The lowest BCUT2D eigenvalue weighted by atomic mass is 10.0. The molecule has 4 heteroatoms. The van der Waals surface area contributed by atoms with Crippen molar-refractivity contribution >= 4 is 5.97 Å². The van der Waals surface area contributed by atoms with Crippen molar-refractivity contribution in [3.63, 3.8) is 0 Å². The summed E-state index contributed by atoms with van der Waals surface area (Å²) in [7, 11) is 0. The van der Waals surface area contributed by atoms with Gasteiger partial charge in [0.25, 0.3) is 0 Å². The first-order chi connectivity index (χ1) is 13.7. The lowest BCUT2D eigenvalue weighted by Gasteiger charge is -2.12. The third kappa shape index (κ3) is 4.34. The number of carbonyl (C=O) groups is 1. The average Bonchev–Trinajstić information content (AvgIpc) is 3.07. The van der Waals surface area contributed by atoms with Crippen LogP contribution in [0.15, 0.2) is 78.9 Å². The molecular weight excluding hydrogens is 352 g/mol. The van der Waals surface area contributed by atoms with E-state index in [0.717, 1.165) is 11.3 Å². The minimum absolute atomic E-state index is 0.307. The predicted octanol–water partition coefficient (Wildman–Crippen LogP) is 4.80. The molecule has 1 saturated heterocycles. The molecule has 142 valence electrons. The zero-order valence-corrected chi connectivity index (χ0v) is 15.7. The van der Waals surface area contributed by atoms with Crippen LogP contribution in [0.3, 0.4) is 0 Å². The summed E-state index contributed by atoms with van der Waals surface area (Å²) in [5, 5.41) is 0. The van der Waals surface area contributed by atoms with Crippen LogP contribution in [0.2, 0.25) is 0 Å². The molecule has 3 aromatic carbocycles. The zero-order chi connectivity index (χ0) is 19.3. The fourth-order valence-electron chi connectivity index (χ4n) is 3.16.